The van der Waals surface area contributed by atoms with Crippen LogP contribution in [0.5, 0.6) is 0 Å². The molecule has 0 aromatic heterocycles. The Kier molecular flexibility index (Phi) is 6.08. The Morgan fingerprint density at radius 2 is 2.13 bits per heavy atom. The van der Waals surface area contributed by atoms with Crippen LogP contribution in [0, 0.1) is 6.08 Å². The zero-order chi connectivity index (χ0) is 9.64. The Hall–Kier alpha value is -0.237. The van der Waals surface area contributed by atoms with Crippen molar-refractivity contribution in [3.8, 4) is 0 Å². The smallest absolute Gasteiger partial charge is 0.00946 e. The fourth-order valence-corrected chi connectivity index (χ4v) is 1.79. The maximum atomic E-state index is 3.36. The molecular weight excluding hydrogens is 275 g/mol. The predicted molar refractivity (Wildman–Crippen MR) is 59.0 cm³/mol. The molecule has 1 aliphatic carbocycles. The number of nitrogens with zero attached hydrogens (tertiary/aromatic N) is 1. The molecule has 1 saturated heterocycles. The minimum atomic E-state index is 0. The molecule has 3 heteroatoms. The van der Waals surface area contributed by atoms with Crippen molar-refractivity contribution in [2.45, 2.75) is 6.42 Å². The third-order valence-electron chi connectivity index (χ3n) is 2.59. The van der Waals surface area contributed by atoms with Gasteiger partial charge in [0.15, 0.2) is 0 Å². The summed E-state index contributed by atoms with van der Waals surface area (Å²) in [4.78, 5) is 2.49. The summed E-state index contributed by atoms with van der Waals surface area (Å²) >= 11 is 0. The van der Waals surface area contributed by atoms with Crippen LogP contribution >= 0.6 is 0 Å². The molecule has 85 valence electrons. The van der Waals surface area contributed by atoms with Gasteiger partial charge in [0, 0.05) is 45.7 Å². The number of hydrogen-bond donors (Lipinski definition) is 1. The summed E-state index contributed by atoms with van der Waals surface area (Å²) in [5, 5.41) is 3.36. The Bertz CT molecular complexity index is 263. The summed E-state index contributed by atoms with van der Waals surface area (Å²) in [6.45, 7) is 5.63. The van der Waals surface area contributed by atoms with E-state index in [2.05, 4.69) is 40.6 Å². The van der Waals surface area contributed by atoms with E-state index >= 15 is 0 Å². The Labute approximate surface area is 105 Å². The second-order valence-corrected chi connectivity index (χ2v) is 3.75. The molecule has 0 amide bonds. The first-order chi connectivity index (χ1) is 6.95. The summed E-state index contributed by atoms with van der Waals surface area (Å²) in [6.07, 6.45) is 12.8. The predicted octanol–water partition coefficient (Wildman–Crippen LogP) is 1.13. The van der Waals surface area contributed by atoms with E-state index in [-0.39, 0.29) is 19.5 Å². The third-order valence-corrected chi connectivity index (χ3v) is 2.59. The molecule has 1 heterocycles. The minimum Gasteiger partial charge on any atom is -0.314 e. The van der Waals surface area contributed by atoms with Gasteiger partial charge in [0.05, 0.1) is 0 Å². The molecule has 0 aromatic carbocycles. The molecule has 1 fully saturated rings. The van der Waals surface area contributed by atoms with Gasteiger partial charge in [-0.05, 0) is 6.54 Å². The number of allylic oxidation sites excluding steroid dienone is 4. The molecule has 0 bridgehead atoms. The number of hydrogen-bond acceptors (Lipinski definition) is 2. The second-order valence-electron chi connectivity index (χ2n) is 3.75. The van der Waals surface area contributed by atoms with Crippen molar-refractivity contribution in [3.05, 3.63) is 36.0 Å². The standard InChI is InChI=1S/C12H17N2.Rh/c1-2-4-6-12(5-3-1)11-14-9-7-13-8-10-14;/h1,3,5-6,13H,2,7-11H2;/q-1;. The van der Waals surface area contributed by atoms with E-state index in [4.69, 9.17) is 0 Å². The minimum absolute atomic E-state index is 0. The van der Waals surface area contributed by atoms with E-state index in [1.807, 2.05) is 0 Å². The van der Waals surface area contributed by atoms with Crippen LogP contribution in [-0.2, 0) is 19.5 Å². The largest absolute Gasteiger partial charge is 0.314 e. The fraction of sp³-hybridized carbons (Fsp3) is 0.500. The molecule has 1 radical (unpaired) electrons. The van der Waals surface area contributed by atoms with Gasteiger partial charge in [-0.2, -0.15) is 5.57 Å². The van der Waals surface area contributed by atoms with E-state index in [0.717, 1.165) is 39.1 Å². The van der Waals surface area contributed by atoms with Crippen molar-refractivity contribution in [1.82, 2.24) is 10.2 Å². The summed E-state index contributed by atoms with van der Waals surface area (Å²) in [5.41, 5.74) is 1.38. The maximum absolute atomic E-state index is 3.36. The van der Waals surface area contributed by atoms with Crippen molar-refractivity contribution in [3.63, 3.8) is 0 Å². The van der Waals surface area contributed by atoms with Gasteiger partial charge in [0.1, 0.15) is 0 Å². The maximum Gasteiger partial charge on any atom is 0.00946 e. The average Bonchev–Trinajstić information content (AvgIpc) is 2.48. The van der Waals surface area contributed by atoms with Gasteiger partial charge in [0.25, 0.3) is 0 Å². The fourth-order valence-electron chi connectivity index (χ4n) is 1.79. The normalized spacial score (nSPS) is 21.7. The van der Waals surface area contributed by atoms with Crippen molar-refractivity contribution >= 4 is 0 Å². The van der Waals surface area contributed by atoms with Crippen molar-refractivity contribution < 1.29 is 19.5 Å². The van der Waals surface area contributed by atoms with Gasteiger partial charge in [-0.15, -0.1) is 6.08 Å². The van der Waals surface area contributed by atoms with Crippen LogP contribution in [0.4, 0.5) is 0 Å². The number of piperazine rings is 1. The zero-order valence-electron chi connectivity index (χ0n) is 8.83. The average molecular weight is 292 g/mol. The molecule has 0 atom stereocenters. The van der Waals surface area contributed by atoms with Crippen LogP contribution in [0.1, 0.15) is 6.42 Å². The molecule has 0 saturated carbocycles. The molecule has 2 rings (SSSR count). The molecule has 15 heavy (non-hydrogen) atoms. The molecule has 0 unspecified atom stereocenters. The Morgan fingerprint density at radius 1 is 1.33 bits per heavy atom. The Balaban J connectivity index is 0.00000112. The first-order valence-corrected chi connectivity index (χ1v) is 5.30. The van der Waals surface area contributed by atoms with Gasteiger partial charge in [-0.1, -0.05) is 18.6 Å². The van der Waals surface area contributed by atoms with E-state index in [1.54, 1.807) is 0 Å². The van der Waals surface area contributed by atoms with E-state index in [0.29, 0.717) is 0 Å². The Morgan fingerprint density at radius 3 is 2.93 bits per heavy atom. The molecular formula is C12H17N2Rh-. The number of rotatable bonds is 2. The van der Waals surface area contributed by atoms with Crippen LogP contribution in [-0.4, -0.2) is 37.6 Å². The quantitative estimate of drug-likeness (QED) is 0.606. The van der Waals surface area contributed by atoms with Crippen LogP contribution in [0.3, 0.4) is 0 Å². The van der Waals surface area contributed by atoms with Gasteiger partial charge in [0.2, 0.25) is 0 Å². The summed E-state index contributed by atoms with van der Waals surface area (Å²) < 4.78 is 0. The second kappa shape index (κ2) is 7.11. The zero-order valence-corrected chi connectivity index (χ0v) is 10.5. The topological polar surface area (TPSA) is 15.3 Å². The van der Waals surface area contributed by atoms with Crippen LogP contribution in [0.25, 0.3) is 0 Å². The van der Waals surface area contributed by atoms with E-state index < -0.39 is 0 Å². The summed E-state index contributed by atoms with van der Waals surface area (Å²) in [5.74, 6) is 0. The van der Waals surface area contributed by atoms with Gasteiger partial charge in [-0.3, -0.25) is 6.08 Å². The molecule has 2 aliphatic rings. The molecule has 1 aliphatic heterocycles. The summed E-state index contributed by atoms with van der Waals surface area (Å²) in [7, 11) is 0. The molecule has 2 nitrogen and oxygen atoms in total. The monoisotopic (exact) mass is 292 g/mol. The van der Waals surface area contributed by atoms with Crippen molar-refractivity contribution in [1.29, 1.82) is 0 Å². The summed E-state index contributed by atoms with van der Waals surface area (Å²) in [6, 6.07) is 0. The van der Waals surface area contributed by atoms with Crippen molar-refractivity contribution in [2.24, 2.45) is 0 Å². The molecule has 0 spiro atoms. The van der Waals surface area contributed by atoms with E-state index in [9.17, 15) is 0 Å². The van der Waals surface area contributed by atoms with Gasteiger partial charge < -0.3 is 10.2 Å². The van der Waals surface area contributed by atoms with Crippen LogP contribution in [0.2, 0.25) is 0 Å². The SMILES string of the molecule is [C-]1=CC(CN2CCNCC2)=CC=CC1.[Rh]. The van der Waals surface area contributed by atoms with Gasteiger partial charge in [-0.25, -0.2) is 6.08 Å². The van der Waals surface area contributed by atoms with Crippen molar-refractivity contribution in [2.75, 3.05) is 32.7 Å². The first-order valence-electron chi connectivity index (χ1n) is 5.30. The molecule has 0 aromatic rings. The molecule has 1 N–H and O–H groups in total. The van der Waals surface area contributed by atoms with E-state index in [1.165, 1.54) is 5.57 Å². The third kappa shape index (κ3) is 4.42. The van der Waals surface area contributed by atoms with Crippen LogP contribution < -0.4 is 5.32 Å². The first kappa shape index (κ1) is 12.8. The van der Waals surface area contributed by atoms with Crippen LogP contribution in [0.15, 0.2) is 29.9 Å². The number of nitrogens with one attached hydrogen (secondary N) is 1. The van der Waals surface area contributed by atoms with Gasteiger partial charge >= 0.3 is 0 Å².